The first-order chi connectivity index (χ1) is 9.25. The number of para-hydroxylation sites is 1. The lowest BCUT2D eigenvalue weighted by atomic mass is 10.1. The summed E-state index contributed by atoms with van der Waals surface area (Å²) in [5.41, 5.74) is 0.578. The Morgan fingerprint density at radius 2 is 1.68 bits per heavy atom. The molecule has 0 aliphatic rings. The molecule has 1 aromatic carbocycles. The Balaban J connectivity index is 2.17. The Hall–Kier alpha value is -1.43. The number of Topliss-reactive ketones (excluding diaryl/α,β-unsaturated/α-hetero) is 1. The predicted molar refractivity (Wildman–Crippen MR) is 70.7 cm³/mol. The lowest BCUT2D eigenvalue weighted by Crippen LogP contribution is -2.12. The molecule has 19 heavy (non-hydrogen) atoms. The first-order valence-electron chi connectivity index (χ1n) is 6.25. The van der Waals surface area contributed by atoms with E-state index < -0.39 is 0 Å². The van der Waals surface area contributed by atoms with Crippen LogP contribution in [0.1, 0.15) is 17.3 Å². The molecule has 0 heterocycles. The normalized spacial score (nSPS) is 10.4. The molecular formula is C14H20O5. The van der Waals surface area contributed by atoms with E-state index in [1.165, 1.54) is 6.92 Å². The number of hydrogen-bond acceptors (Lipinski definition) is 5. The average molecular weight is 268 g/mol. The summed E-state index contributed by atoms with van der Waals surface area (Å²) < 4.78 is 15.8. The number of aliphatic hydroxyl groups excluding tert-OH is 1. The number of aliphatic hydroxyl groups is 1. The van der Waals surface area contributed by atoms with Crippen molar-refractivity contribution < 1.29 is 24.1 Å². The zero-order valence-electron chi connectivity index (χ0n) is 11.1. The van der Waals surface area contributed by atoms with Gasteiger partial charge in [-0.15, -0.1) is 0 Å². The van der Waals surface area contributed by atoms with Crippen LogP contribution in [0.25, 0.3) is 0 Å². The topological polar surface area (TPSA) is 65.0 Å². The highest BCUT2D eigenvalue weighted by molar-refractivity contribution is 5.96. The average Bonchev–Trinajstić information content (AvgIpc) is 2.42. The number of hydrogen-bond donors (Lipinski definition) is 1. The second-order valence-corrected chi connectivity index (χ2v) is 3.85. The van der Waals surface area contributed by atoms with Crippen LogP contribution >= 0.6 is 0 Å². The second-order valence-electron chi connectivity index (χ2n) is 3.85. The zero-order chi connectivity index (χ0) is 13.9. The first kappa shape index (κ1) is 15.6. The van der Waals surface area contributed by atoms with Gasteiger partial charge in [-0.2, -0.15) is 0 Å². The fourth-order valence-electron chi connectivity index (χ4n) is 1.48. The largest absolute Gasteiger partial charge is 0.490 e. The molecule has 1 rings (SSSR count). The number of carbonyl (C=O) groups excluding carboxylic acids is 1. The summed E-state index contributed by atoms with van der Waals surface area (Å²) >= 11 is 0. The summed E-state index contributed by atoms with van der Waals surface area (Å²) in [6.45, 7) is 3.56. The smallest absolute Gasteiger partial charge is 0.163 e. The third-order valence-corrected chi connectivity index (χ3v) is 2.36. The van der Waals surface area contributed by atoms with E-state index in [9.17, 15) is 4.79 Å². The molecule has 0 unspecified atom stereocenters. The molecule has 1 N–H and O–H groups in total. The highest BCUT2D eigenvalue weighted by Crippen LogP contribution is 2.17. The maximum Gasteiger partial charge on any atom is 0.163 e. The maximum atomic E-state index is 11.4. The van der Waals surface area contributed by atoms with E-state index in [0.29, 0.717) is 44.3 Å². The molecule has 0 saturated carbocycles. The molecule has 0 aliphatic carbocycles. The van der Waals surface area contributed by atoms with Crippen LogP contribution in [0.15, 0.2) is 24.3 Å². The molecule has 0 saturated heterocycles. The molecule has 1 aromatic rings. The molecule has 106 valence electrons. The fraction of sp³-hybridized carbons (Fsp3) is 0.500. The maximum absolute atomic E-state index is 11.4. The molecule has 0 aliphatic heterocycles. The van der Waals surface area contributed by atoms with Gasteiger partial charge in [0, 0.05) is 0 Å². The van der Waals surface area contributed by atoms with Gasteiger partial charge in [-0.3, -0.25) is 4.79 Å². The highest BCUT2D eigenvalue weighted by Gasteiger charge is 2.06. The van der Waals surface area contributed by atoms with E-state index in [-0.39, 0.29) is 12.4 Å². The van der Waals surface area contributed by atoms with Crippen LogP contribution in [0.5, 0.6) is 5.75 Å². The van der Waals surface area contributed by atoms with Crippen LogP contribution in [0, 0.1) is 0 Å². The number of ketones is 1. The first-order valence-corrected chi connectivity index (χ1v) is 6.25. The van der Waals surface area contributed by atoms with E-state index in [1.807, 2.05) is 6.07 Å². The molecule has 5 nitrogen and oxygen atoms in total. The fourth-order valence-corrected chi connectivity index (χ4v) is 1.48. The van der Waals surface area contributed by atoms with Gasteiger partial charge in [0.1, 0.15) is 12.4 Å². The Bertz CT molecular complexity index is 378. The van der Waals surface area contributed by atoms with Crippen LogP contribution in [0.2, 0.25) is 0 Å². The second kappa shape index (κ2) is 9.49. The summed E-state index contributed by atoms with van der Waals surface area (Å²) in [5, 5.41) is 8.49. The number of rotatable bonds is 10. The van der Waals surface area contributed by atoms with Gasteiger partial charge in [0.15, 0.2) is 5.78 Å². The predicted octanol–water partition coefficient (Wildman–Crippen LogP) is 1.29. The molecule has 0 fully saturated rings. The summed E-state index contributed by atoms with van der Waals surface area (Å²) in [7, 11) is 0. The molecule has 0 bridgehead atoms. The molecule has 0 atom stereocenters. The zero-order valence-corrected chi connectivity index (χ0v) is 11.1. The van der Waals surface area contributed by atoms with Crippen LogP contribution in [0.3, 0.4) is 0 Å². The van der Waals surface area contributed by atoms with E-state index in [4.69, 9.17) is 19.3 Å². The van der Waals surface area contributed by atoms with Gasteiger partial charge < -0.3 is 19.3 Å². The highest BCUT2D eigenvalue weighted by atomic mass is 16.5. The van der Waals surface area contributed by atoms with E-state index in [1.54, 1.807) is 18.2 Å². The van der Waals surface area contributed by atoms with Gasteiger partial charge in [-0.1, -0.05) is 12.1 Å². The van der Waals surface area contributed by atoms with Crippen molar-refractivity contribution in [2.75, 3.05) is 39.6 Å². The Morgan fingerprint density at radius 3 is 2.37 bits per heavy atom. The Kier molecular flexibility index (Phi) is 7.81. The van der Waals surface area contributed by atoms with Crippen molar-refractivity contribution in [2.45, 2.75) is 6.92 Å². The minimum Gasteiger partial charge on any atom is -0.490 e. The molecule has 0 aromatic heterocycles. The van der Waals surface area contributed by atoms with Crippen LogP contribution in [-0.2, 0) is 9.47 Å². The number of ether oxygens (including phenoxy) is 3. The van der Waals surface area contributed by atoms with Crippen molar-refractivity contribution in [1.82, 2.24) is 0 Å². The third-order valence-electron chi connectivity index (χ3n) is 2.36. The molecule has 5 heteroatoms. The van der Waals surface area contributed by atoms with Crippen LogP contribution in [0.4, 0.5) is 0 Å². The van der Waals surface area contributed by atoms with Crippen molar-refractivity contribution in [3.63, 3.8) is 0 Å². The lowest BCUT2D eigenvalue weighted by Gasteiger charge is -2.10. The summed E-state index contributed by atoms with van der Waals surface area (Å²) in [4.78, 5) is 11.4. The van der Waals surface area contributed by atoms with Crippen LogP contribution in [-0.4, -0.2) is 50.5 Å². The van der Waals surface area contributed by atoms with Gasteiger partial charge >= 0.3 is 0 Å². The minimum absolute atomic E-state index is 0.0188. The van der Waals surface area contributed by atoms with Gasteiger partial charge in [-0.25, -0.2) is 0 Å². The van der Waals surface area contributed by atoms with Gasteiger partial charge in [-0.05, 0) is 19.1 Å². The van der Waals surface area contributed by atoms with Gasteiger partial charge in [0.05, 0.1) is 38.6 Å². The molecule has 0 radical (unpaired) electrons. The monoisotopic (exact) mass is 268 g/mol. The van der Waals surface area contributed by atoms with Gasteiger partial charge in [0.25, 0.3) is 0 Å². The summed E-state index contributed by atoms with van der Waals surface area (Å²) in [6.07, 6.45) is 0. The Labute approximate surface area is 113 Å². The van der Waals surface area contributed by atoms with Crippen molar-refractivity contribution >= 4 is 5.78 Å². The van der Waals surface area contributed by atoms with Gasteiger partial charge in [0.2, 0.25) is 0 Å². The summed E-state index contributed by atoms with van der Waals surface area (Å²) in [6, 6.07) is 7.13. The lowest BCUT2D eigenvalue weighted by molar-refractivity contribution is 0.0246. The van der Waals surface area contributed by atoms with Crippen molar-refractivity contribution in [2.24, 2.45) is 0 Å². The van der Waals surface area contributed by atoms with Crippen molar-refractivity contribution in [3.8, 4) is 5.75 Å². The standard InChI is InChI=1S/C14H20O5/c1-12(16)13-4-2-3-5-14(13)19-11-10-18-9-8-17-7-6-15/h2-5,15H,6-11H2,1H3. The molecular weight excluding hydrogens is 248 g/mol. The van der Waals surface area contributed by atoms with Crippen molar-refractivity contribution in [1.29, 1.82) is 0 Å². The molecule has 0 spiro atoms. The number of benzene rings is 1. The van der Waals surface area contributed by atoms with E-state index >= 15 is 0 Å². The Morgan fingerprint density at radius 1 is 1.05 bits per heavy atom. The summed E-state index contributed by atoms with van der Waals surface area (Å²) in [5.74, 6) is 0.559. The third kappa shape index (κ3) is 6.33. The van der Waals surface area contributed by atoms with Crippen molar-refractivity contribution in [3.05, 3.63) is 29.8 Å². The molecule has 0 amide bonds. The van der Waals surface area contributed by atoms with E-state index in [0.717, 1.165) is 0 Å². The quantitative estimate of drug-likeness (QED) is 0.512. The SMILES string of the molecule is CC(=O)c1ccccc1OCCOCCOCCO. The number of carbonyl (C=O) groups is 1. The van der Waals surface area contributed by atoms with E-state index in [2.05, 4.69) is 0 Å². The minimum atomic E-state index is -0.0195. The van der Waals surface area contributed by atoms with Crippen LogP contribution < -0.4 is 4.74 Å².